The molecule has 0 saturated heterocycles. The SMILES string of the molecule is CC(Nc1cc(C(F)(F)F)cc(Cl)n1)c1ccccc1F. The molecule has 0 spiro atoms. The van der Waals surface area contributed by atoms with Gasteiger partial charge in [-0.2, -0.15) is 13.2 Å². The third-order valence-corrected chi connectivity index (χ3v) is 3.05. The third-order valence-electron chi connectivity index (χ3n) is 2.86. The van der Waals surface area contributed by atoms with Crippen LogP contribution in [0.5, 0.6) is 0 Å². The Morgan fingerprint density at radius 3 is 2.48 bits per heavy atom. The lowest BCUT2D eigenvalue weighted by atomic mass is 10.1. The Bertz CT molecular complexity index is 643. The summed E-state index contributed by atoms with van der Waals surface area (Å²) in [5.74, 6) is -0.513. The standard InChI is InChI=1S/C14H11ClF4N2/c1-8(10-4-2-3-5-11(10)16)20-13-7-9(14(17,18)19)6-12(15)21-13/h2-8H,1H3,(H,20,21). The molecule has 0 saturated carbocycles. The average Bonchev–Trinajstić information content (AvgIpc) is 2.37. The van der Waals surface area contributed by atoms with Crippen molar-refractivity contribution in [3.8, 4) is 0 Å². The van der Waals surface area contributed by atoms with Crippen LogP contribution in [-0.4, -0.2) is 4.98 Å². The van der Waals surface area contributed by atoms with Crippen molar-refractivity contribution >= 4 is 17.4 Å². The molecule has 1 heterocycles. The minimum atomic E-state index is -4.52. The maximum Gasteiger partial charge on any atom is 0.416 e. The smallest absolute Gasteiger partial charge is 0.363 e. The van der Waals surface area contributed by atoms with E-state index in [0.717, 1.165) is 12.1 Å². The average molecular weight is 319 g/mol. The summed E-state index contributed by atoms with van der Waals surface area (Å²) >= 11 is 5.59. The van der Waals surface area contributed by atoms with Crippen LogP contribution in [0, 0.1) is 5.82 Å². The number of rotatable bonds is 3. The Labute approximate surface area is 123 Å². The van der Waals surface area contributed by atoms with Crippen LogP contribution in [-0.2, 0) is 6.18 Å². The van der Waals surface area contributed by atoms with Gasteiger partial charge in [0.05, 0.1) is 11.6 Å². The zero-order valence-electron chi connectivity index (χ0n) is 10.9. The Balaban J connectivity index is 2.28. The molecule has 0 aliphatic rings. The molecule has 0 aliphatic carbocycles. The van der Waals surface area contributed by atoms with E-state index in [9.17, 15) is 17.6 Å². The van der Waals surface area contributed by atoms with Crippen molar-refractivity contribution in [3.63, 3.8) is 0 Å². The summed E-state index contributed by atoms with van der Waals surface area (Å²) in [5.41, 5.74) is -0.585. The van der Waals surface area contributed by atoms with Gasteiger partial charge in [-0.05, 0) is 25.1 Å². The minimum absolute atomic E-state index is 0.0643. The number of alkyl halides is 3. The first kappa shape index (κ1) is 15.6. The maximum atomic E-state index is 13.6. The van der Waals surface area contributed by atoms with E-state index in [4.69, 9.17) is 11.6 Å². The number of benzene rings is 1. The van der Waals surface area contributed by atoms with E-state index >= 15 is 0 Å². The van der Waals surface area contributed by atoms with Crippen LogP contribution in [0.1, 0.15) is 24.1 Å². The lowest BCUT2D eigenvalue weighted by Gasteiger charge is -2.17. The van der Waals surface area contributed by atoms with Crippen LogP contribution >= 0.6 is 11.6 Å². The molecule has 2 nitrogen and oxygen atoms in total. The molecule has 1 aromatic heterocycles. The summed E-state index contributed by atoms with van der Waals surface area (Å²) in [4.78, 5) is 3.77. The van der Waals surface area contributed by atoms with Crippen LogP contribution in [0.15, 0.2) is 36.4 Å². The van der Waals surface area contributed by atoms with E-state index in [1.807, 2.05) is 0 Å². The van der Waals surface area contributed by atoms with Crippen molar-refractivity contribution in [1.82, 2.24) is 4.98 Å². The largest absolute Gasteiger partial charge is 0.416 e. The molecule has 0 aliphatic heterocycles. The second-order valence-corrected chi connectivity index (χ2v) is 4.84. The first-order chi connectivity index (χ1) is 9.77. The van der Waals surface area contributed by atoms with Gasteiger partial charge in [-0.1, -0.05) is 29.8 Å². The Morgan fingerprint density at radius 1 is 1.19 bits per heavy atom. The number of anilines is 1. The third kappa shape index (κ3) is 3.85. The Kier molecular flexibility index (Phi) is 4.37. The highest BCUT2D eigenvalue weighted by Crippen LogP contribution is 2.32. The number of halogens is 5. The van der Waals surface area contributed by atoms with Crippen molar-refractivity contribution in [3.05, 3.63) is 58.5 Å². The topological polar surface area (TPSA) is 24.9 Å². The van der Waals surface area contributed by atoms with Gasteiger partial charge in [0.15, 0.2) is 0 Å². The predicted molar refractivity (Wildman–Crippen MR) is 72.7 cm³/mol. The van der Waals surface area contributed by atoms with Gasteiger partial charge >= 0.3 is 6.18 Å². The number of pyridine rings is 1. The molecular weight excluding hydrogens is 308 g/mol. The molecule has 112 valence electrons. The summed E-state index contributed by atoms with van der Waals surface area (Å²) < 4.78 is 51.7. The summed E-state index contributed by atoms with van der Waals surface area (Å²) in [6.07, 6.45) is -4.52. The molecule has 2 rings (SSSR count). The van der Waals surface area contributed by atoms with Gasteiger partial charge in [-0.25, -0.2) is 9.37 Å². The van der Waals surface area contributed by atoms with Crippen molar-refractivity contribution in [1.29, 1.82) is 0 Å². The van der Waals surface area contributed by atoms with E-state index in [-0.39, 0.29) is 11.0 Å². The van der Waals surface area contributed by atoms with Gasteiger partial charge in [-0.15, -0.1) is 0 Å². The Morgan fingerprint density at radius 2 is 1.86 bits per heavy atom. The first-order valence-corrected chi connectivity index (χ1v) is 6.41. The molecule has 0 amide bonds. The lowest BCUT2D eigenvalue weighted by molar-refractivity contribution is -0.137. The zero-order chi connectivity index (χ0) is 15.6. The summed E-state index contributed by atoms with van der Waals surface area (Å²) in [6.45, 7) is 1.62. The number of aromatic nitrogens is 1. The summed E-state index contributed by atoms with van der Waals surface area (Å²) in [6, 6.07) is 7.01. The van der Waals surface area contributed by atoms with Crippen molar-refractivity contribution in [2.45, 2.75) is 19.1 Å². The molecule has 21 heavy (non-hydrogen) atoms. The van der Waals surface area contributed by atoms with Crippen molar-refractivity contribution in [2.75, 3.05) is 5.32 Å². The number of hydrogen-bond acceptors (Lipinski definition) is 2. The normalized spacial score (nSPS) is 13.0. The molecule has 7 heteroatoms. The highest BCUT2D eigenvalue weighted by Gasteiger charge is 2.31. The van der Waals surface area contributed by atoms with Gasteiger partial charge in [0.25, 0.3) is 0 Å². The fourth-order valence-corrected chi connectivity index (χ4v) is 2.07. The van der Waals surface area contributed by atoms with E-state index < -0.39 is 23.6 Å². The fourth-order valence-electron chi connectivity index (χ4n) is 1.86. The maximum absolute atomic E-state index is 13.6. The molecule has 1 aromatic carbocycles. The fraction of sp³-hybridized carbons (Fsp3) is 0.214. The van der Waals surface area contributed by atoms with Gasteiger partial charge in [0, 0.05) is 5.56 Å². The highest BCUT2D eigenvalue weighted by atomic mass is 35.5. The van der Waals surface area contributed by atoms with Gasteiger partial charge in [0.1, 0.15) is 16.8 Å². The molecule has 0 bridgehead atoms. The minimum Gasteiger partial charge on any atom is -0.363 e. The van der Waals surface area contributed by atoms with Gasteiger partial charge in [0.2, 0.25) is 0 Å². The molecule has 0 radical (unpaired) electrons. The molecule has 1 N–H and O–H groups in total. The summed E-state index contributed by atoms with van der Waals surface area (Å²) in [5, 5.41) is 2.43. The van der Waals surface area contributed by atoms with E-state index in [1.165, 1.54) is 12.1 Å². The monoisotopic (exact) mass is 318 g/mol. The van der Waals surface area contributed by atoms with Crippen LogP contribution < -0.4 is 5.32 Å². The van der Waals surface area contributed by atoms with Crippen LogP contribution in [0.25, 0.3) is 0 Å². The lowest BCUT2D eigenvalue weighted by Crippen LogP contribution is -2.12. The zero-order valence-corrected chi connectivity index (χ0v) is 11.6. The second kappa shape index (κ2) is 5.89. The quantitative estimate of drug-likeness (QED) is 0.631. The van der Waals surface area contributed by atoms with Crippen molar-refractivity contribution in [2.24, 2.45) is 0 Å². The molecule has 1 unspecified atom stereocenters. The van der Waals surface area contributed by atoms with Crippen LogP contribution in [0.3, 0.4) is 0 Å². The van der Waals surface area contributed by atoms with E-state index in [1.54, 1.807) is 19.1 Å². The molecule has 0 fully saturated rings. The van der Waals surface area contributed by atoms with E-state index in [0.29, 0.717) is 5.56 Å². The second-order valence-electron chi connectivity index (χ2n) is 4.45. The first-order valence-electron chi connectivity index (χ1n) is 6.03. The molecular formula is C14H11ClF4N2. The number of nitrogens with zero attached hydrogens (tertiary/aromatic N) is 1. The van der Waals surface area contributed by atoms with Gasteiger partial charge in [-0.3, -0.25) is 0 Å². The number of hydrogen-bond donors (Lipinski definition) is 1. The van der Waals surface area contributed by atoms with Crippen LogP contribution in [0.4, 0.5) is 23.4 Å². The predicted octanol–water partition coefficient (Wildman–Crippen LogP) is 5.07. The number of nitrogens with one attached hydrogen (secondary N) is 1. The van der Waals surface area contributed by atoms with Crippen molar-refractivity contribution < 1.29 is 17.6 Å². The van der Waals surface area contributed by atoms with Crippen LogP contribution in [0.2, 0.25) is 5.15 Å². The molecule has 1 atom stereocenters. The highest BCUT2D eigenvalue weighted by molar-refractivity contribution is 6.29. The van der Waals surface area contributed by atoms with Gasteiger partial charge < -0.3 is 5.32 Å². The Hall–Kier alpha value is -1.82. The van der Waals surface area contributed by atoms with E-state index in [2.05, 4.69) is 10.3 Å². The summed E-state index contributed by atoms with van der Waals surface area (Å²) in [7, 11) is 0. The molecule has 2 aromatic rings.